The molecule has 3 fully saturated rings. The number of amides is 6. The molecule has 3 aliphatic carbocycles. The minimum atomic E-state index is -3.77. The largest absolute Gasteiger partial charge is 0.491 e. The molecule has 6 amide bonds. The third-order valence-electron chi connectivity index (χ3n) is 19.8. The van der Waals surface area contributed by atoms with Gasteiger partial charge in [0.1, 0.15) is 42.2 Å². The number of cyclic esters (lactones) is 3. The average molecular weight is 1550 g/mol. The van der Waals surface area contributed by atoms with E-state index in [1.807, 2.05) is 25.1 Å². The third-order valence-corrected chi connectivity index (χ3v) is 21.1. The Morgan fingerprint density at radius 3 is 1.99 bits per heavy atom. The van der Waals surface area contributed by atoms with Gasteiger partial charge in [-0.1, -0.05) is 29.8 Å². The molecule has 6 aliphatic heterocycles. The van der Waals surface area contributed by atoms with Crippen LogP contribution in [0.15, 0.2) is 73.1 Å². The van der Waals surface area contributed by atoms with Crippen LogP contribution in [0.2, 0.25) is 5.02 Å². The monoisotopic (exact) mass is 1550 g/mol. The molecule has 9 aliphatic rings. The van der Waals surface area contributed by atoms with Crippen LogP contribution in [0.3, 0.4) is 0 Å². The van der Waals surface area contributed by atoms with E-state index in [0.29, 0.717) is 127 Å². The van der Waals surface area contributed by atoms with Crippen molar-refractivity contribution in [3.05, 3.63) is 128 Å². The van der Waals surface area contributed by atoms with Crippen LogP contribution < -0.4 is 65.5 Å². The Bertz CT molecular complexity index is 4750. The lowest BCUT2D eigenvalue weighted by molar-refractivity contribution is -0.153. The van der Waals surface area contributed by atoms with Gasteiger partial charge in [-0.05, 0) is 189 Å². The molecule has 576 valence electrons. The van der Waals surface area contributed by atoms with Crippen molar-refractivity contribution in [3.8, 4) is 35.3 Å². The number of hydroxylamine groups is 1. The normalized spacial score (nSPS) is 20.5. The van der Waals surface area contributed by atoms with Gasteiger partial charge in [-0.25, -0.2) is 37.8 Å². The van der Waals surface area contributed by atoms with Crippen LogP contribution in [0.5, 0.6) is 23.1 Å². The number of aromatic nitrogens is 4. The molecule has 0 bridgehead atoms. The Labute approximate surface area is 635 Å². The van der Waals surface area contributed by atoms with Gasteiger partial charge in [0.25, 0.3) is 30.1 Å². The highest BCUT2D eigenvalue weighted by molar-refractivity contribution is 7.88. The number of hydrogen-bond donors (Lipinski definition) is 6. The van der Waals surface area contributed by atoms with Gasteiger partial charge in [0.15, 0.2) is 55.2 Å². The molecule has 0 saturated carbocycles. The van der Waals surface area contributed by atoms with E-state index >= 15 is 0 Å². The fraction of sp³-hybridized carbons (Fsp3) is 0.425. The van der Waals surface area contributed by atoms with E-state index < -0.39 is 40.5 Å². The fourth-order valence-electron chi connectivity index (χ4n) is 14.5. The molecular formula is C73H77ClN16O19S. The third kappa shape index (κ3) is 18.1. The second-order valence-electron chi connectivity index (χ2n) is 27.3. The summed E-state index contributed by atoms with van der Waals surface area (Å²) in [5.41, 5.74) is 9.95. The van der Waals surface area contributed by atoms with Gasteiger partial charge in [-0.3, -0.25) is 43.7 Å². The average Bonchev–Trinajstić information content (AvgIpc) is 1.49. The number of benzene rings is 3. The first-order valence-electron chi connectivity index (χ1n) is 35.5. The summed E-state index contributed by atoms with van der Waals surface area (Å²) >= 11 is 6.31. The highest BCUT2D eigenvalue weighted by atomic mass is 35.5. The Morgan fingerprint density at radius 1 is 0.664 bits per heavy atom. The first kappa shape index (κ1) is 76.6. The van der Waals surface area contributed by atoms with Crippen molar-refractivity contribution in [1.82, 2.24) is 40.4 Å². The van der Waals surface area contributed by atoms with Gasteiger partial charge < -0.3 is 74.6 Å². The summed E-state index contributed by atoms with van der Waals surface area (Å²) in [6, 6.07) is 22.2. The van der Waals surface area contributed by atoms with Crippen LogP contribution in [-0.2, 0) is 96.3 Å². The summed E-state index contributed by atoms with van der Waals surface area (Å²) in [5, 5.41) is 38.1. The molecule has 0 spiro atoms. The number of nitrogens with one attached hydrogen (secondary N) is 6. The lowest BCUT2D eigenvalue weighted by atomic mass is 10.0. The Hall–Kier alpha value is -11.5. The summed E-state index contributed by atoms with van der Waals surface area (Å²) in [6.45, 7) is 6.61. The van der Waals surface area contributed by atoms with E-state index in [2.05, 4.69) is 74.9 Å². The molecule has 6 N–H and O–H groups in total. The Morgan fingerprint density at radius 2 is 1.29 bits per heavy atom. The highest BCUT2D eigenvalue weighted by Gasteiger charge is 2.41. The molecular weight excluding hydrogens is 1470 g/mol. The Balaban J connectivity index is 0.000000147. The quantitative estimate of drug-likeness (QED) is 0.0180. The highest BCUT2D eigenvalue weighted by Crippen LogP contribution is 2.39. The molecule has 35 nitrogen and oxygen atoms in total. The second-order valence-corrected chi connectivity index (χ2v) is 29.6. The van der Waals surface area contributed by atoms with Crippen LogP contribution in [0.25, 0.3) is 0 Å². The molecule has 37 heteroatoms. The minimum absolute atomic E-state index is 0.0206. The molecule has 9 heterocycles. The maximum absolute atomic E-state index is 12.6. The number of anilines is 6. The lowest BCUT2D eigenvalue weighted by Crippen LogP contribution is -2.42. The molecule has 3 aromatic carbocycles. The minimum Gasteiger partial charge on any atom is -0.491 e. The summed E-state index contributed by atoms with van der Waals surface area (Å²) in [5.74, 6) is 2.88. The number of nitriles is 2. The zero-order valence-electron chi connectivity index (χ0n) is 59.7. The summed E-state index contributed by atoms with van der Waals surface area (Å²) in [4.78, 5) is 120. The van der Waals surface area contributed by atoms with Crippen molar-refractivity contribution in [2.75, 3.05) is 129 Å². The predicted molar refractivity (Wildman–Crippen MR) is 390 cm³/mol. The topological polar surface area (TPSA) is 438 Å². The van der Waals surface area contributed by atoms with Crippen molar-refractivity contribution in [3.63, 3.8) is 0 Å². The van der Waals surface area contributed by atoms with E-state index in [9.17, 15) is 57.3 Å². The van der Waals surface area contributed by atoms with Crippen LogP contribution in [0, 0.1) is 47.3 Å². The smallest absolute Gasteiger partial charge is 0.415 e. The van der Waals surface area contributed by atoms with Crippen molar-refractivity contribution in [2.24, 2.45) is 17.8 Å². The van der Waals surface area contributed by atoms with Crippen molar-refractivity contribution < 1.29 is 89.5 Å². The second kappa shape index (κ2) is 34.4. The molecule has 6 aromatic rings. The summed E-state index contributed by atoms with van der Waals surface area (Å²) in [6.07, 6.45) is 6.98. The van der Waals surface area contributed by atoms with Crippen molar-refractivity contribution >= 4 is 105 Å². The van der Waals surface area contributed by atoms with Gasteiger partial charge in [0, 0.05) is 24.1 Å². The number of carbonyl (C=O) groups excluding carboxylic acids is 8. The molecule has 5 unspecified atom stereocenters. The van der Waals surface area contributed by atoms with Crippen LogP contribution in [-0.4, -0.2) is 204 Å². The number of sulfonamides is 1. The lowest BCUT2D eigenvalue weighted by Gasteiger charge is -2.22. The van der Waals surface area contributed by atoms with E-state index in [4.69, 9.17) is 49.5 Å². The summed E-state index contributed by atoms with van der Waals surface area (Å²) < 4.78 is 67.2. The number of rotatable bonds is 27. The van der Waals surface area contributed by atoms with Crippen molar-refractivity contribution in [1.29, 1.82) is 10.5 Å². The molecule has 7 atom stereocenters. The number of carbonyl (C=O) groups is 8. The standard InChI is InChI=1S/C27H30N6O9S.C25H24N4O6.C21H23ClN6O4/c1-43(37,38)33(41-16-34)8-9-39-22-3-2-18-10-17(11-20(18)21(22)12-28)13-29-7-6-19-14-32(27(36)42-19)24-5-4-23-26(30-24)31-25(35)15-40-23;26-9-17-3-1-2-16-6-15(7-19(16)17)10-27-11-22(34-14-30)23-12-29(25(32)35-23)18-4-5-21-20(8-18)28-24(31)13-33-21;1-11-14-4-12(5-15(14)16(22)7-24-11)6-23-3-2-13-9-28(21(30)32-13)17-8-25-20-19(26-17)27-18(29)10-31-20/h2-5,16-17,19,29H,6-11,13-15H2,1H3,(H,30,31,35);1-5,8,14-15,22-23,27H,6-7,10-13H2,(H,28,31);7-8,12-13,23H,2-6,9-10H2,1H3,(H,26,27,29)/t;15?,22-,23-;/m.1./s1. The molecule has 15 rings (SSSR count). The van der Waals surface area contributed by atoms with Gasteiger partial charge in [-0.15, -0.1) is 0 Å². The summed E-state index contributed by atoms with van der Waals surface area (Å²) in [7, 11) is -3.77. The number of halogens is 1. The zero-order chi connectivity index (χ0) is 77.2. The zero-order valence-corrected chi connectivity index (χ0v) is 61.3. The number of hydrogen-bond acceptors (Lipinski definition) is 28. The molecule has 3 saturated heterocycles. The molecule has 110 heavy (non-hydrogen) atoms. The van der Waals surface area contributed by atoms with Gasteiger partial charge >= 0.3 is 24.8 Å². The number of nitrogens with zero attached hydrogens (tertiary/aromatic N) is 10. The first-order valence-corrected chi connectivity index (χ1v) is 37.8. The van der Waals surface area contributed by atoms with Crippen LogP contribution >= 0.6 is 11.6 Å². The van der Waals surface area contributed by atoms with Gasteiger partial charge in [0.2, 0.25) is 10.0 Å². The maximum atomic E-state index is 12.6. The van der Waals surface area contributed by atoms with E-state index in [-0.39, 0.29) is 99.4 Å². The van der Waals surface area contributed by atoms with E-state index in [1.54, 1.807) is 42.6 Å². The van der Waals surface area contributed by atoms with E-state index in [1.165, 1.54) is 37.6 Å². The number of aryl methyl sites for hydroxylation is 1. The number of pyridine rings is 2. The predicted octanol–water partition coefficient (Wildman–Crippen LogP) is 4.38. The maximum Gasteiger partial charge on any atom is 0.415 e. The SMILES string of the molecule is CS(=O)(=O)N(CCOc1ccc2c(c1C#N)CC(CNCCC1CN(c3ccc4c(n3)NC(=O)CO4)C(=O)O1)C2)OC=O.Cc1ncc(Cl)c2c1CC(CNCCC1CN(c3cnc4c(n3)NC(=O)CO4)C(=O)O1)C2.N#Cc1cccc2c1CC(CNC[C@@H](OC=O)[C@H]1CN(c3ccc4c(c3)NC(=O)CO4)C(=O)O1)C2. The van der Waals surface area contributed by atoms with E-state index in [0.717, 1.165) is 84.4 Å². The van der Waals surface area contributed by atoms with Gasteiger partial charge in [-0.2, -0.15) is 10.5 Å². The molecule has 3 aromatic heterocycles. The van der Waals surface area contributed by atoms with Crippen LogP contribution in [0.1, 0.15) is 63.0 Å². The van der Waals surface area contributed by atoms with Crippen LogP contribution in [0.4, 0.5) is 49.0 Å². The Kier molecular flexibility index (Phi) is 23.9. The fourth-order valence-corrected chi connectivity index (χ4v) is 15.4. The number of ether oxygens (including phenoxy) is 8. The number of fused-ring (bicyclic) bond motifs is 6. The van der Waals surface area contributed by atoms with Crippen molar-refractivity contribution in [2.45, 2.75) is 82.7 Å². The first-order chi connectivity index (χ1) is 53.2. The molecule has 0 radical (unpaired) electrons. The van der Waals surface area contributed by atoms with Gasteiger partial charge in [0.05, 0.1) is 66.5 Å².